The van der Waals surface area contributed by atoms with Gasteiger partial charge < -0.3 is 10.2 Å². The van der Waals surface area contributed by atoms with Crippen LogP contribution in [0.3, 0.4) is 0 Å². The Morgan fingerprint density at radius 2 is 0.978 bits per heavy atom. The zero-order chi connectivity index (χ0) is 34.3. The van der Waals surface area contributed by atoms with Crippen LogP contribution in [0.25, 0.3) is 21.8 Å². The Hall–Kier alpha value is -4.79. The van der Waals surface area contributed by atoms with Crippen molar-refractivity contribution in [2.45, 2.75) is 68.5 Å². The molecular formula is C36H50N6O3. The van der Waals surface area contributed by atoms with Gasteiger partial charge in [-0.3, -0.25) is 23.5 Å². The summed E-state index contributed by atoms with van der Waals surface area (Å²) in [7, 11) is 5.27. The number of para-hydroxylation sites is 3. The van der Waals surface area contributed by atoms with E-state index in [4.69, 9.17) is 0 Å². The molecule has 9 nitrogen and oxygen atoms in total. The number of carbonyl (C=O) groups is 1. The highest BCUT2D eigenvalue weighted by atomic mass is 16.2. The van der Waals surface area contributed by atoms with Crippen LogP contribution in [0.2, 0.25) is 0 Å². The van der Waals surface area contributed by atoms with E-state index in [9.17, 15) is 14.4 Å². The molecule has 1 amide bonds. The van der Waals surface area contributed by atoms with Crippen LogP contribution in [0.1, 0.15) is 70.5 Å². The predicted octanol–water partition coefficient (Wildman–Crippen LogP) is 7.09. The van der Waals surface area contributed by atoms with Gasteiger partial charge in [0.25, 0.3) is 17.0 Å². The number of nitrogens with zero attached hydrogens (tertiary/aromatic N) is 5. The number of benzene rings is 3. The molecule has 1 aliphatic heterocycles. The van der Waals surface area contributed by atoms with Crippen molar-refractivity contribution in [1.82, 2.24) is 24.0 Å². The largest absolute Gasteiger partial charge is 0.365 e. The molecule has 1 atom stereocenters. The zero-order valence-electron chi connectivity index (χ0n) is 29.0. The Morgan fingerprint density at radius 3 is 1.42 bits per heavy atom. The number of aryl methyl sites for hydroxylation is 2. The van der Waals surface area contributed by atoms with E-state index in [1.165, 1.54) is 0 Å². The third-order valence-corrected chi connectivity index (χ3v) is 6.84. The van der Waals surface area contributed by atoms with Crippen molar-refractivity contribution in [2.24, 2.45) is 14.1 Å². The first-order valence-electron chi connectivity index (χ1n) is 15.6. The third kappa shape index (κ3) is 9.35. The Balaban J connectivity index is 0.000000311. The molecule has 1 unspecified atom stereocenters. The number of carbonyl (C=O) groups excluding carboxylic acids is 1. The Morgan fingerprint density at radius 1 is 0.600 bits per heavy atom. The summed E-state index contributed by atoms with van der Waals surface area (Å²) in [5.74, 6) is 1.56. The molecule has 3 aromatic carbocycles. The average Bonchev–Trinajstić information content (AvgIpc) is 3.08. The predicted molar refractivity (Wildman–Crippen MR) is 189 cm³/mol. The zero-order valence-corrected chi connectivity index (χ0v) is 29.0. The minimum Gasteiger partial charge on any atom is -0.365 e. The molecule has 9 heteroatoms. The van der Waals surface area contributed by atoms with Crippen LogP contribution in [0, 0.1) is 13.8 Å². The molecule has 0 aliphatic carbocycles. The molecule has 0 spiro atoms. The molecule has 5 aromatic rings. The topological polar surface area (TPSA) is 102 Å². The molecule has 1 N–H and O–H groups in total. The highest BCUT2D eigenvalue weighted by molar-refractivity contribution is 6.01. The minimum absolute atomic E-state index is 0.0168. The molecule has 0 saturated heterocycles. The normalized spacial score (nSPS) is 12.6. The van der Waals surface area contributed by atoms with Crippen molar-refractivity contribution < 1.29 is 4.79 Å². The van der Waals surface area contributed by atoms with E-state index in [2.05, 4.69) is 15.3 Å². The van der Waals surface area contributed by atoms with Crippen molar-refractivity contribution in [3.63, 3.8) is 0 Å². The number of fused-ring (bicyclic) bond motifs is 3. The monoisotopic (exact) mass is 614 g/mol. The van der Waals surface area contributed by atoms with Crippen molar-refractivity contribution in [3.8, 4) is 0 Å². The summed E-state index contributed by atoms with van der Waals surface area (Å²) < 4.78 is 3.12. The molecule has 0 bridgehead atoms. The van der Waals surface area contributed by atoms with E-state index in [0.29, 0.717) is 10.8 Å². The Labute approximate surface area is 267 Å². The Kier molecular flexibility index (Phi) is 16.0. The van der Waals surface area contributed by atoms with Crippen LogP contribution < -0.4 is 16.4 Å². The highest BCUT2D eigenvalue weighted by Crippen LogP contribution is 2.23. The highest BCUT2D eigenvalue weighted by Gasteiger charge is 2.25. The Bertz CT molecular complexity index is 1700. The second kappa shape index (κ2) is 18.8. The second-order valence-electron chi connectivity index (χ2n) is 9.36. The summed E-state index contributed by atoms with van der Waals surface area (Å²) in [6.07, 6.45) is 0.0717. The van der Waals surface area contributed by atoms with Crippen molar-refractivity contribution >= 4 is 33.4 Å². The summed E-state index contributed by atoms with van der Waals surface area (Å²) in [6.45, 7) is 17.6. The summed E-state index contributed by atoms with van der Waals surface area (Å²) in [5, 5.41) is 4.60. The maximum atomic E-state index is 11.7. The maximum Gasteiger partial charge on any atom is 0.261 e. The number of nitrogens with one attached hydrogen (secondary N) is 1. The first-order valence-corrected chi connectivity index (χ1v) is 15.6. The SMILES string of the molecule is CC.CC.CC.CC1Nc2ccccc2C(=O)N1C.Cc1nc2ccccc2c(=O)n1C.Cc1nc2ccccc2c(=O)n1C. The average molecular weight is 615 g/mol. The summed E-state index contributed by atoms with van der Waals surface area (Å²) >= 11 is 0. The van der Waals surface area contributed by atoms with E-state index in [0.717, 1.165) is 33.9 Å². The van der Waals surface area contributed by atoms with Crippen molar-refractivity contribution in [1.29, 1.82) is 0 Å². The van der Waals surface area contributed by atoms with Gasteiger partial charge in [-0.2, -0.15) is 0 Å². The lowest BCUT2D eigenvalue weighted by Crippen LogP contribution is -2.44. The fourth-order valence-corrected chi connectivity index (χ4v) is 4.14. The van der Waals surface area contributed by atoms with Gasteiger partial charge in [-0.15, -0.1) is 0 Å². The molecule has 3 heterocycles. The molecule has 6 rings (SSSR count). The van der Waals surface area contributed by atoms with Crippen LogP contribution in [0.5, 0.6) is 0 Å². The van der Waals surface area contributed by atoms with Gasteiger partial charge in [0.1, 0.15) is 11.6 Å². The van der Waals surface area contributed by atoms with Crippen LogP contribution in [-0.2, 0) is 14.1 Å². The lowest BCUT2D eigenvalue weighted by molar-refractivity contribution is 0.0748. The standard InChI is InChI=1S/C10H12N2O.2C10H10N2O.3C2H6/c3*1-7-11-9-6-4-3-5-8(9)10(13)12(7)2;3*1-2/h3-7,11H,1-2H3;2*3-6H,1-2H3;3*1-2H3. The van der Waals surface area contributed by atoms with Crippen LogP contribution >= 0.6 is 0 Å². The molecule has 0 fully saturated rings. The van der Waals surface area contributed by atoms with Gasteiger partial charge in [0.15, 0.2) is 0 Å². The van der Waals surface area contributed by atoms with E-state index in [1.54, 1.807) is 47.3 Å². The smallest absolute Gasteiger partial charge is 0.261 e. The molecule has 0 saturated carbocycles. The fraction of sp³-hybridized carbons (Fsp3) is 0.361. The van der Waals surface area contributed by atoms with Gasteiger partial charge in [-0.05, 0) is 57.2 Å². The van der Waals surface area contributed by atoms with Gasteiger partial charge in [0, 0.05) is 26.8 Å². The van der Waals surface area contributed by atoms with Gasteiger partial charge >= 0.3 is 0 Å². The van der Waals surface area contributed by atoms with Crippen LogP contribution in [0.15, 0.2) is 82.4 Å². The lowest BCUT2D eigenvalue weighted by atomic mass is 10.1. The van der Waals surface area contributed by atoms with Gasteiger partial charge in [0.05, 0.1) is 33.5 Å². The molecule has 2 aromatic heterocycles. The first-order chi connectivity index (χ1) is 21.6. The van der Waals surface area contributed by atoms with Crippen molar-refractivity contribution in [3.05, 3.63) is 111 Å². The summed E-state index contributed by atoms with van der Waals surface area (Å²) in [5.41, 5.74) is 3.25. The van der Waals surface area contributed by atoms with Crippen molar-refractivity contribution in [2.75, 3.05) is 12.4 Å². The molecule has 242 valence electrons. The van der Waals surface area contributed by atoms with Crippen LogP contribution in [-0.4, -0.2) is 43.1 Å². The molecule has 1 aliphatic rings. The number of hydrogen-bond donors (Lipinski definition) is 1. The van der Waals surface area contributed by atoms with E-state index in [1.807, 2.05) is 123 Å². The van der Waals surface area contributed by atoms with Crippen LogP contribution in [0.4, 0.5) is 5.69 Å². The molecular weight excluding hydrogens is 564 g/mol. The minimum atomic E-state index is 0.0168. The lowest BCUT2D eigenvalue weighted by Gasteiger charge is -2.32. The number of aromatic nitrogens is 4. The number of amides is 1. The number of anilines is 1. The summed E-state index contributed by atoms with van der Waals surface area (Å²) in [6, 6.07) is 22.3. The summed E-state index contributed by atoms with van der Waals surface area (Å²) in [4.78, 5) is 45.4. The van der Waals surface area contributed by atoms with E-state index < -0.39 is 0 Å². The second-order valence-corrected chi connectivity index (χ2v) is 9.36. The third-order valence-electron chi connectivity index (χ3n) is 6.84. The van der Waals surface area contributed by atoms with Gasteiger partial charge in [0.2, 0.25) is 0 Å². The number of rotatable bonds is 0. The molecule has 45 heavy (non-hydrogen) atoms. The molecule has 0 radical (unpaired) electrons. The quantitative estimate of drug-likeness (QED) is 0.200. The van der Waals surface area contributed by atoms with Gasteiger partial charge in [-0.25, -0.2) is 9.97 Å². The maximum absolute atomic E-state index is 11.7. The fourth-order valence-electron chi connectivity index (χ4n) is 4.14. The van der Waals surface area contributed by atoms with E-state index >= 15 is 0 Å². The van der Waals surface area contributed by atoms with E-state index in [-0.39, 0.29) is 23.2 Å². The first kappa shape index (κ1) is 38.2. The van der Waals surface area contributed by atoms with Gasteiger partial charge in [-0.1, -0.05) is 77.9 Å². The number of hydrogen-bond acceptors (Lipinski definition) is 6.